The van der Waals surface area contributed by atoms with Gasteiger partial charge in [0, 0.05) is 18.0 Å². The first-order valence-electron chi connectivity index (χ1n) is 6.58. The summed E-state index contributed by atoms with van der Waals surface area (Å²) in [5.74, 6) is 0.493. The average Bonchev–Trinajstić information content (AvgIpc) is 2.53. The van der Waals surface area contributed by atoms with Crippen molar-refractivity contribution in [3.05, 3.63) is 58.9 Å². The normalized spacial score (nSPS) is 10.8. The van der Waals surface area contributed by atoms with Crippen LogP contribution in [0.4, 0.5) is 0 Å². The number of aromatic hydroxyl groups is 1. The lowest BCUT2D eigenvalue weighted by Crippen LogP contribution is -2.17. The van der Waals surface area contributed by atoms with Gasteiger partial charge in [0.1, 0.15) is 5.75 Å². The van der Waals surface area contributed by atoms with Crippen LogP contribution in [-0.4, -0.2) is 16.8 Å². The third-order valence-corrected chi connectivity index (χ3v) is 3.66. The molecule has 3 aromatic rings. The van der Waals surface area contributed by atoms with Gasteiger partial charge in [0.05, 0.1) is 12.6 Å². The fraction of sp³-hybridized carbons (Fsp3) is 0.118. The number of aromatic nitrogens is 1. The molecule has 4 heteroatoms. The van der Waals surface area contributed by atoms with E-state index in [1.807, 2.05) is 36.4 Å². The number of benzene rings is 2. The zero-order valence-electron chi connectivity index (χ0n) is 11.8. The standard InChI is InChI=1S/C17H15NO3/c1-18-14-6-4-3-5-13(14)15(16(19)17(18)20)11-7-9-12(21-2)10-8-11/h3-10,19H,1-2H3. The Labute approximate surface area is 121 Å². The molecule has 106 valence electrons. The Hall–Kier alpha value is -2.75. The molecule has 0 aliphatic carbocycles. The van der Waals surface area contributed by atoms with Gasteiger partial charge in [-0.2, -0.15) is 0 Å². The maximum atomic E-state index is 12.2. The van der Waals surface area contributed by atoms with Crippen LogP contribution in [0.5, 0.6) is 11.5 Å². The monoisotopic (exact) mass is 281 g/mol. The summed E-state index contributed by atoms with van der Waals surface area (Å²) in [7, 11) is 3.25. The van der Waals surface area contributed by atoms with Crippen LogP contribution in [0, 0.1) is 0 Å². The molecule has 0 aliphatic heterocycles. The molecule has 0 saturated heterocycles. The fourth-order valence-electron chi connectivity index (χ4n) is 2.53. The lowest BCUT2D eigenvalue weighted by Gasteiger charge is -2.12. The smallest absolute Gasteiger partial charge is 0.293 e. The van der Waals surface area contributed by atoms with Gasteiger partial charge < -0.3 is 14.4 Å². The number of hydrogen-bond donors (Lipinski definition) is 1. The van der Waals surface area contributed by atoms with Crippen molar-refractivity contribution in [3.63, 3.8) is 0 Å². The summed E-state index contributed by atoms with van der Waals surface area (Å²) in [4.78, 5) is 12.2. The zero-order chi connectivity index (χ0) is 15.0. The Morgan fingerprint density at radius 1 is 1.05 bits per heavy atom. The van der Waals surface area contributed by atoms with Crippen molar-refractivity contribution in [3.8, 4) is 22.6 Å². The van der Waals surface area contributed by atoms with E-state index in [2.05, 4.69) is 0 Å². The van der Waals surface area contributed by atoms with Crippen LogP contribution >= 0.6 is 0 Å². The number of fused-ring (bicyclic) bond motifs is 1. The number of nitrogens with zero attached hydrogens (tertiary/aromatic N) is 1. The number of pyridine rings is 1. The Balaban J connectivity index is 2.38. The van der Waals surface area contributed by atoms with E-state index in [0.717, 1.165) is 22.2 Å². The lowest BCUT2D eigenvalue weighted by molar-refractivity contribution is 0.415. The SMILES string of the molecule is COc1ccc(-c2c(O)c(=O)n(C)c3ccccc23)cc1. The number of methoxy groups -OCH3 is 1. The summed E-state index contributed by atoms with van der Waals surface area (Å²) < 4.78 is 6.59. The second-order valence-corrected chi connectivity index (χ2v) is 4.83. The summed E-state index contributed by atoms with van der Waals surface area (Å²) in [5, 5.41) is 11.1. The van der Waals surface area contributed by atoms with Crippen LogP contribution in [0.15, 0.2) is 53.3 Å². The summed E-state index contributed by atoms with van der Waals surface area (Å²) >= 11 is 0. The second-order valence-electron chi connectivity index (χ2n) is 4.83. The molecule has 0 radical (unpaired) electrons. The highest BCUT2D eigenvalue weighted by molar-refractivity contribution is 5.97. The van der Waals surface area contributed by atoms with E-state index in [4.69, 9.17) is 4.74 Å². The molecule has 2 aromatic carbocycles. The molecule has 0 spiro atoms. The number of hydrogen-bond acceptors (Lipinski definition) is 3. The van der Waals surface area contributed by atoms with Crippen molar-refractivity contribution in [2.75, 3.05) is 7.11 Å². The molecular weight excluding hydrogens is 266 g/mol. The largest absolute Gasteiger partial charge is 0.503 e. The van der Waals surface area contributed by atoms with E-state index in [0.29, 0.717) is 5.56 Å². The fourth-order valence-corrected chi connectivity index (χ4v) is 2.53. The summed E-state index contributed by atoms with van der Waals surface area (Å²) in [6.07, 6.45) is 0. The van der Waals surface area contributed by atoms with Crippen LogP contribution < -0.4 is 10.3 Å². The van der Waals surface area contributed by atoms with Gasteiger partial charge in [0.15, 0.2) is 5.75 Å². The second kappa shape index (κ2) is 4.98. The molecule has 0 fully saturated rings. The number of rotatable bonds is 2. The van der Waals surface area contributed by atoms with Gasteiger partial charge in [-0.15, -0.1) is 0 Å². The molecule has 0 atom stereocenters. The number of ether oxygens (including phenoxy) is 1. The molecule has 1 aromatic heterocycles. The Morgan fingerprint density at radius 3 is 2.38 bits per heavy atom. The molecule has 0 bridgehead atoms. The van der Waals surface area contributed by atoms with E-state index in [1.165, 1.54) is 4.57 Å². The Morgan fingerprint density at radius 2 is 1.71 bits per heavy atom. The van der Waals surface area contributed by atoms with E-state index in [1.54, 1.807) is 26.3 Å². The van der Waals surface area contributed by atoms with Crippen LogP contribution in [0.25, 0.3) is 22.0 Å². The van der Waals surface area contributed by atoms with Crippen molar-refractivity contribution in [1.29, 1.82) is 0 Å². The molecule has 21 heavy (non-hydrogen) atoms. The van der Waals surface area contributed by atoms with Gasteiger partial charge in [-0.25, -0.2) is 0 Å². The minimum absolute atomic E-state index is 0.235. The van der Waals surface area contributed by atoms with Crippen LogP contribution in [0.3, 0.4) is 0 Å². The van der Waals surface area contributed by atoms with Gasteiger partial charge in [-0.3, -0.25) is 4.79 Å². The molecule has 1 heterocycles. The van der Waals surface area contributed by atoms with Gasteiger partial charge >= 0.3 is 0 Å². The van der Waals surface area contributed by atoms with Gasteiger partial charge in [-0.1, -0.05) is 30.3 Å². The highest BCUT2D eigenvalue weighted by Crippen LogP contribution is 2.34. The van der Waals surface area contributed by atoms with Crippen molar-refractivity contribution < 1.29 is 9.84 Å². The van der Waals surface area contributed by atoms with Gasteiger partial charge in [-0.05, 0) is 23.8 Å². The highest BCUT2D eigenvalue weighted by Gasteiger charge is 2.15. The van der Waals surface area contributed by atoms with Crippen molar-refractivity contribution >= 4 is 10.9 Å². The van der Waals surface area contributed by atoms with Crippen molar-refractivity contribution in [1.82, 2.24) is 4.57 Å². The Bertz CT molecular complexity index is 864. The first kappa shape index (κ1) is 13.2. The maximum Gasteiger partial charge on any atom is 0.293 e. The van der Waals surface area contributed by atoms with Gasteiger partial charge in [0.25, 0.3) is 5.56 Å². The zero-order valence-corrected chi connectivity index (χ0v) is 11.8. The number of aryl methyl sites for hydroxylation is 1. The van der Waals surface area contributed by atoms with E-state index < -0.39 is 5.56 Å². The van der Waals surface area contributed by atoms with Crippen LogP contribution in [0.1, 0.15) is 0 Å². The molecule has 0 unspecified atom stereocenters. The van der Waals surface area contributed by atoms with Crippen molar-refractivity contribution in [2.24, 2.45) is 7.05 Å². The topological polar surface area (TPSA) is 51.5 Å². The first-order valence-corrected chi connectivity index (χ1v) is 6.58. The minimum Gasteiger partial charge on any atom is -0.503 e. The predicted molar refractivity (Wildman–Crippen MR) is 82.8 cm³/mol. The molecule has 0 aliphatic rings. The van der Waals surface area contributed by atoms with Crippen LogP contribution in [0.2, 0.25) is 0 Å². The Kier molecular flexibility index (Phi) is 3.14. The van der Waals surface area contributed by atoms with E-state index in [9.17, 15) is 9.90 Å². The summed E-state index contributed by atoms with van der Waals surface area (Å²) in [5.41, 5.74) is 1.71. The molecule has 0 amide bonds. The predicted octanol–water partition coefficient (Wildman–Crippen LogP) is 2.92. The lowest BCUT2D eigenvalue weighted by atomic mass is 10.00. The van der Waals surface area contributed by atoms with Crippen molar-refractivity contribution in [2.45, 2.75) is 0 Å². The van der Waals surface area contributed by atoms with Crippen LogP contribution in [-0.2, 0) is 7.05 Å². The summed E-state index contributed by atoms with van der Waals surface area (Å²) in [6, 6.07) is 14.8. The average molecular weight is 281 g/mol. The summed E-state index contributed by atoms with van der Waals surface area (Å²) in [6.45, 7) is 0. The third-order valence-electron chi connectivity index (χ3n) is 3.66. The quantitative estimate of drug-likeness (QED) is 0.785. The third kappa shape index (κ3) is 2.05. The first-order chi connectivity index (χ1) is 10.1. The number of para-hydroxylation sites is 1. The van der Waals surface area contributed by atoms with E-state index in [-0.39, 0.29) is 5.75 Å². The molecule has 1 N–H and O–H groups in total. The van der Waals surface area contributed by atoms with E-state index >= 15 is 0 Å². The molecule has 4 nitrogen and oxygen atoms in total. The molecule has 3 rings (SSSR count). The van der Waals surface area contributed by atoms with Gasteiger partial charge in [0.2, 0.25) is 0 Å². The minimum atomic E-state index is -0.403. The molecule has 0 saturated carbocycles. The molecular formula is C17H15NO3. The highest BCUT2D eigenvalue weighted by atomic mass is 16.5. The maximum absolute atomic E-state index is 12.2.